The van der Waals surface area contributed by atoms with E-state index in [-0.39, 0.29) is 23.0 Å². The monoisotopic (exact) mass is 393 g/mol. The first-order valence-corrected chi connectivity index (χ1v) is 10.8. The molecular weight excluding hydrogens is 378 g/mol. The number of sulfonamides is 2. The molecule has 1 heterocycles. The largest absolute Gasteiger partial charge is 0.284 e. The van der Waals surface area contributed by atoms with E-state index < -0.39 is 20.0 Å². The molecule has 9 nitrogen and oxygen atoms in total. The van der Waals surface area contributed by atoms with Gasteiger partial charge >= 0.3 is 0 Å². The maximum Gasteiger partial charge on any atom is 0.238 e. The van der Waals surface area contributed by atoms with E-state index in [9.17, 15) is 16.8 Å². The fourth-order valence-corrected chi connectivity index (χ4v) is 3.87. The summed E-state index contributed by atoms with van der Waals surface area (Å²) in [6.07, 6.45) is 1.04. The minimum Gasteiger partial charge on any atom is -0.284 e. The van der Waals surface area contributed by atoms with Gasteiger partial charge in [0.05, 0.1) is 11.2 Å². The van der Waals surface area contributed by atoms with Gasteiger partial charge in [0.25, 0.3) is 0 Å². The number of azo groups is 1. The number of aliphatic imine (C=N–C) groups is 1. The quantitative estimate of drug-likeness (QED) is 0.794. The third kappa shape index (κ3) is 3.95. The van der Waals surface area contributed by atoms with Gasteiger partial charge in [0.15, 0.2) is 12.5 Å². The summed E-state index contributed by atoms with van der Waals surface area (Å²) >= 11 is 0. The number of benzene rings is 2. The highest BCUT2D eigenvalue weighted by atomic mass is 32.2. The molecule has 2 aromatic carbocycles. The Morgan fingerprint density at radius 1 is 1.08 bits per heavy atom. The van der Waals surface area contributed by atoms with Crippen LogP contribution in [0.1, 0.15) is 5.56 Å². The van der Waals surface area contributed by atoms with Crippen molar-refractivity contribution >= 4 is 31.6 Å². The maximum atomic E-state index is 12.0. The number of anilines is 1. The highest BCUT2D eigenvalue weighted by molar-refractivity contribution is 7.92. The van der Waals surface area contributed by atoms with Crippen molar-refractivity contribution in [1.29, 1.82) is 0 Å². The lowest BCUT2D eigenvalue weighted by molar-refractivity contribution is 0.597. The van der Waals surface area contributed by atoms with Crippen LogP contribution in [0.5, 0.6) is 0 Å². The molecule has 3 N–H and O–H groups in total. The lowest BCUT2D eigenvalue weighted by atomic mass is 9.98. The van der Waals surface area contributed by atoms with Gasteiger partial charge in [0, 0.05) is 11.3 Å². The molecule has 2 aromatic rings. The van der Waals surface area contributed by atoms with Crippen LogP contribution in [0.2, 0.25) is 0 Å². The molecule has 0 amide bonds. The molecule has 3 rings (SSSR count). The van der Waals surface area contributed by atoms with E-state index in [2.05, 4.69) is 19.9 Å². The van der Waals surface area contributed by atoms with Crippen LogP contribution in [0.15, 0.2) is 62.6 Å². The van der Waals surface area contributed by atoms with Gasteiger partial charge < -0.3 is 0 Å². The van der Waals surface area contributed by atoms with Crippen molar-refractivity contribution in [1.82, 2.24) is 0 Å². The predicted molar refractivity (Wildman–Crippen MR) is 98.0 cm³/mol. The summed E-state index contributed by atoms with van der Waals surface area (Å²) in [5.41, 5.74) is 1.64. The first-order chi connectivity index (χ1) is 12.1. The Bertz CT molecular complexity index is 1140. The zero-order chi connectivity index (χ0) is 18.9. The van der Waals surface area contributed by atoms with Crippen LogP contribution in [0.25, 0.3) is 11.1 Å². The summed E-state index contributed by atoms with van der Waals surface area (Å²) < 4.78 is 49.3. The number of hydrogen-bond donors (Lipinski definition) is 2. The van der Waals surface area contributed by atoms with Crippen LogP contribution in [0.4, 0.5) is 5.69 Å². The molecular formula is C15H15N5O4S2. The molecule has 0 fully saturated rings. The summed E-state index contributed by atoms with van der Waals surface area (Å²) in [6.45, 7) is 0.101. The smallest absolute Gasteiger partial charge is 0.238 e. The number of hydrogen-bond acceptors (Lipinski definition) is 7. The average Bonchev–Trinajstić information content (AvgIpc) is 3.06. The number of nitrogens with zero attached hydrogens (tertiary/aromatic N) is 3. The van der Waals surface area contributed by atoms with Gasteiger partial charge in [-0.25, -0.2) is 27.0 Å². The summed E-state index contributed by atoms with van der Waals surface area (Å²) in [5.74, 6) is 0.158. The Balaban J connectivity index is 2.23. The SMILES string of the molecule is CS(=O)(=O)Nc1cccc(-c2cccc(S(N)(=O)=O)c2C2=NCN=N2)c1. The van der Waals surface area contributed by atoms with Gasteiger partial charge in [0.1, 0.15) is 0 Å². The molecule has 136 valence electrons. The van der Waals surface area contributed by atoms with E-state index in [4.69, 9.17) is 5.14 Å². The van der Waals surface area contributed by atoms with Crippen molar-refractivity contribution in [2.45, 2.75) is 4.90 Å². The molecule has 0 atom stereocenters. The van der Waals surface area contributed by atoms with Gasteiger partial charge in [-0.1, -0.05) is 24.3 Å². The Morgan fingerprint density at radius 2 is 1.81 bits per heavy atom. The summed E-state index contributed by atoms with van der Waals surface area (Å²) in [4.78, 5) is 3.97. The number of primary sulfonamides is 1. The van der Waals surface area contributed by atoms with Gasteiger partial charge in [0.2, 0.25) is 20.0 Å². The second-order valence-corrected chi connectivity index (χ2v) is 8.82. The van der Waals surface area contributed by atoms with Crippen LogP contribution in [-0.2, 0) is 20.0 Å². The average molecular weight is 393 g/mol. The number of rotatable bonds is 5. The van der Waals surface area contributed by atoms with Gasteiger partial charge in [-0.2, -0.15) is 5.11 Å². The van der Waals surface area contributed by atoms with Crippen LogP contribution < -0.4 is 9.86 Å². The van der Waals surface area contributed by atoms with Crippen molar-refractivity contribution < 1.29 is 16.8 Å². The van der Waals surface area contributed by atoms with Crippen molar-refractivity contribution in [3.05, 3.63) is 48.0 Å². The summed E-state index contributed by atoms with van der Waals surface area (Å²) in [7, 11) is -7.49. The van der Waals surface area contributed by atoms with Crippen LogP contribution in [0, 0.1) is 0 Å². The van der Waals surface area contributed by atoms with E-state index in [0.717, 1.165) is 6.26 Å². The molecule has 0 aromatic heterocycles. The molecule has 0 bridgehead atoms. The Labute approximate surface area is 150 Å². The maximum absolute atomic E-state index is 12.0. The standard InChI is InChI=1S/C15H15N5O4S2/c1-25(21,22)20-11-5-2-4-10(8-11)12-6-3-7-13(26(16,23)24)14(12)15-17-9-18-19-15/h2-8,20H,9H2,1H3,(H2,16,23,24). The van der Waals surface area contributed by atoms with E-state index in [1.165, 1.54) is 6.07 Å². The summed E-state index contributed by atoms with van der Waals surface area (Å²) in [5, 5.41) is 13.0. The highest BCUT2D eigenvalue weighted by Crippen LogP contribution is 2.32. The lowest BCUT2D eigenvalue weighted by Crippen LogP contribution is -2.17. The van der Waals surface area contributed by atoms with Crippen LogP contribution in [-0.4, -0.2) is 35.6 Å². The zero-order valence-corrected chi connectivity index (χ0v) is 15.3. The molecule has 0 radical (unpaired) electrons. The fraction of sp³-hybridized carbons (Fsp3) is 0.133. The molecule has 11 heteroatoms. The van der Waals surface area contributed by atoms with Gasteiger partial charge in [-0.3, -0.25) is 4.72 Å². The van der Waals surface area contributed by atoms with Gasteiger partial charge in [-0.05, 0) is 29.3 Å². The Kier molecular flexibility index (Phi) is 4.61. The topological polar surface area (TPSA) is 143 Å². The van der Waals surface area contributed by atoms with E-state index in [1.807, 2.05) is 0 Å². The fourth-order valence-electron chi connectivity index (χ4n) is 2.56. The molecule has 0 spiro atoms. The molecule has 1 aliphatic heterocycles. The molecule has 0 unspecified atom stereocenters. The Hall–Kier alpha value is -2.63. The number of amidine groups is 1. The lowest BCUT2D eigenvalue weighted by Gasteiger charge is -2.13. The first kappa shape index (κ1) is 18.2. The molecule has 1 aliphatic rings. The minimum absolute atomic E-state index is 0.101. The second kappa shape index (κ2) is 6.59. The van der Waals surface area contributed by atoms with E-state index in [1.54, 1.807) is 36.4 Å². The zero-order valence-electron chi connectivity index (χ0n) is 13.6. The second-order valence-electron chi connectivity index (χ2n) is 5.54. The van der Waals surface area contributed by atoms with Gasteiger partial charge in [-0.15, -0.1) is 5.11 Å². The minimum atomic E-state index is -4.03. The molecule has 0 saturated heterocycles. The first-order valence-electron chi connectivity index (χ1n) is 7.31. The van der Waals surface area contributed by atoms with Crippen molar-refractivity contribution in [2.24, 2.45) is 20.4 Å². The van der Waals surface area contributed by atoms with Crippen molar-refractivity contribution in [2.75, 3.05) is 17.6 Å². The third-order valence-electron chi connectivity index (χ3n) is 3.48. The third-order valence-corrected chi connectivity index (χ3v) is 5.04. The van der Waals surface area contributed by atoms with Crippen molar-refractivity contribution in [3.63, 3.8) is 0 Å². The van der Waals surface area contributed by atoms with E-state index >= 15 is 0 Å². The molecule has 0 saturated carbocycles. The van der Waals surface area contributed by atoms with Crippen molar-refractivity contribution in [3.8, 4) is 11.1 Å². The normalized spacial score (nSPS) is 14.3. The van der Waals surface area contributed by atoms with Crippen LogP contribution in [0.3, 0.4) is 0 Å². The number of nitrogens with one attached hydrogen (secondary N) is 1. The highest BCUT2D eigenvalue weighted by Gasteiger charge is 2.23. The summed E-state index contributed by atoms with van der Waals surface area (Å²) in [6, 6.07) is 11.1. The molecule has 26 heavy (non-hydrogen) atoms. The Morgan fingerprint density at radius 3 is 2.42 bits per heavy atom. The van der Waals surface area contributed by atoms with E-state index in [0.29, 0.717) is 16.8 Å². The predicted octanol–water partition coefficient (Wildman–Crippen LogP) is 1.54. The number of nitrogens with two attached hydrogens (primary N) is 1. The molecule has 0 aliphatic carbocycles. The van der Waals surface area contributed by atoms with Crippen LogP contribution >= 0.6 is 0 Å².